The monoisotopic (exact) mass is 381 g/mol. The molecular formula is C20H23N5OS. The van der Waals surface area contributed by atoms with Gasteiger partial charge in [-0.3, -0.25) is 14.4 Å². The summed E-state index contributed by atoms with van der Waals surface area (Å²) in [4.78, 5) is 19.3. The average molecular weight is 382 g/mol. The van der Waals surface area contributed by atoms with Crippen LogP contribution >= 0.6 is 11.3 Å². The Bertz CT molecular complexity index is 888. The molecule has 1 saturated heterocycles. The lowest BCUT2D eigenvalue weighted by molar-refractivity contribution is -0.117. The lowest BCUT2D eigenvalue weighted by Crippen LogP contribution is -2.39. The van der Waals surface area contributed by atoms with Gasteiger partial charge in [-0.15, -0.1) is 11.3 Å². The summed E-state index contributed by atoms with van der Waals surface area (Å²) in [6.07, 6.45) is 5.98. The number of carbonyl (C=O) groups is 1. The molecule has 0 unspecified atom stereocenters. The molecule has 7 heteroatoms. The standard InChI is InChI=1S/C20H23N5OS/c1-15-5-7-16(8-6-15)18-14-27-20(22-18)23-19(26)13-24-10-2-4-17(24)12-25-11-3-9-21-25/h3,5-9,11,14,17H,2,4,10,12-13H2,1H3,(H,22,23,26)/t17-/m1/s1. The molecule has 27 heavy (non-hydrogen) atoms. The Labute approximate surface area is 162 Å². The second-order valence-corrected chi connectivity index (χ2v) is 7.80. The molecule has 6 nitrogen and oxygen atoms in total. The van der Waals surface area contributed by atoms with E-state index in [9.17, 15) is 4.79 Å². The zero-order valence-corrected chi connectivity index (χ0v) is 16.2. The number of anilines is 1. The molecule has 0 saturated carbocycles. The quantitative estimate of drug-likeness (QED) is 0.711. The molecule has 1 amide bonds. The first-order valence-electron chi connectivity index (χ1n) is 9.21. The van der Waals surface area contributed by atoms with Crippen LogP contribution in [-0.2, 0) is 11.3 Å². The molecule has 0 aliphatic carbocycles. The van der Waals surface area contributed by atoms with Gasteiger partial charge in [-0.25, -0.2) is 4.98 Å². The summed E-state index contributed by atoms with van der Waals surface area (Å²) in [7, 11) is 0. The van der Waals surface area contributed by atoms with E-state index in [1.165, 1.54) is 16.9 Å². The Kier molecular flexibility index (Phi) is 5.31. The summed E-state index contributed by atoms with van der Waals surface area (Å²) < 4.78 is 1.94. The summed E-state index contributed by atoms with van der Waals surface area (Å²) in [5, 5.41) is 9.87. The Morgan fingerprint density at radius 2 is 2.19 bits per heavy atom. The minimum absolute atomic E-state index is 0.00725. The summed E-state index contributed by atoms with van der Waals surface area (Å²) in [6, 6.07) is 10.5. The number of hydrogen-bond acceptors (Lipinski definition) is 5. The zero-order chi connectivity index (χ0) is 18.6. The van der Waals surface area contributed by atoms with Crippen molar-refractivity contribution in [2.75, 3.05) is 18.4 Å². The van der Waals surface area contributed by atoms with Gasteiger partial charge >= 0.3 is 0 Å². The van der Waals surface area contributed by atoms with Crippen LogP contribution in [0, 0.1) is 6.92 Å². The molecule has 0 bridgehead atoms. The van der Waals surface area contributed by atoms with Gasteiger partial charge in [0, 0.05) is 29.4 Å². The van der Waals surface area contributed by atoms with Crippen molar-refractivity contribution >= 4 is 22.4 Å². The number of amides is 1. The lowest BCUT2D eigenvalue weighted by atomic mass is 10.1. The highest BCUT2D eigenvalue weighted by Gasteiger charge is 2.26. The third-order valence-corrected chi connectivity index (χ3v) is 5.66. The first kappa shape index (κ1) is 17.9. The van der Waals surface area contributed by atoms with Crippen molar-refractivity contribution < 1.29 is 4.79 Å². The lowest BCUT2D eigenvalue weighted by Gasteiger charge is -2.23. The molecule has 140 valence electrons. The number of thiazole rings is 1. The van der Waals surface area contributed by atoms with E-state index in [4.69, 9.17) is 0 Å². The first-order chi connectivity index (χ1) is 13.2. The third-order valence-electron chi connectivity index (χ3n) is 4.90. The fourth-order valence-corrected chi connectivity index (χ4v) is 4.20. The normalized spacial score (nSPS) is 17.3. The maximum absolute atomic E-state index is 12.5. The van der Waals surface area contributed by atoms with E-state index in [0.717, 1.165) is 37.2 Å². The van der Waals surface area contributed by atoms with Crippen LogP contribution in [0.2, 0.25) is 0 Å². The summed E-state index contributed by atoms with van der Waals surface area (Å²) in [5.74, 6) is -0.00725. The van der Waals surface area contributed by atoms with Crippen LogP contribution < -0.4 is 5.32 Å². The van der Waals surface area contributed by atoms with Crippen LogP contribution in [0.1, 0.15) is 18.4 Å². The van der Waals surface area contributed by atoms with E-state index in [-0.39, 0.29) is 5.91 Å². The smallest absolute Gasteiger partial charge is 0.240 e. The van der Waals surface area contributed by atoms with E-state index in [2.05, 4.69) is 51.5 Å². The van der Waals surface area contributed by atoms with E-state index in [0.29, 0.717) is 17.7 Å². The largest absolute Gasteiger partial charge is 0.301 e. The number of nitrogens with one attached hydrogen (secondary N) is 1. The van der Waals surface area contributed by atoms with Crippen molar-refractivity contribution in [3.63, 3.8) is 0 Å². The predicted octanol–water partition coefficient (Wildman–Crippen LogP) is 3.42. The molecule has 1 atom stereocenters. The molecule has 0 spiro atoms. The second-order valence-electron chi connectivity index (χ2n) is 6.95. The number of carbonyl (C=O) groups excluding carboxylic acids is 1. The number of aryl methyl sites for hydroxylation is 1. The molecule has 1 aliphatic heterocycles. The van der Waals surface area contributed by atoms with Crippen LogP contribution in [0.4, 0.5) is 5.13 Å². The molecule has 0 radical (unpaired) electrons. The van der Waals surface area contributed by atoms with Gasteiger partial charge < -0.3 is 5.32 Å². The maximum atomic E-state index is 12.5. The molecular weight excluding hydrogens is 358 g/mol. The third kappa shape index (κ3) is 4.43. The maximum Gasteiger partial charge on any atom is 0.240 e. The molecule has 2 aromatic heterocycles. The molecule has 3 heterocycles. The molecule has 3 aromatic rings. The fourth-order valence-electron chi connectivity index (χ4n) is 3.47. The van der Waals surface area contributed by atoms with Crippen molar-refractivity contribution in [3.8, 4) is 11.3 Å². The van der Waals surface area contributed by atoms with Crippen molar-refractivity contribution in [3.05, 3.63) is 53.7 Å². The van der Waals surface area contributed by atoms with Gasteiger partial charge in [0.2, 0.25) is 5.91 Å². The molecule has 4 rings (SSSR count). The number of nitrogens with zero attached hydrogens (tertiary/aromatic N) is 4. The van der Waals surface area contributed by atoms with Gasteiger partial charge in [-0.1, -0.05) is 29.8 Å². The Balaban J connectivity index is 1.34. The van der Waals surface area contributed by atoms with Gasteiger partial charge in [0.1, 0.15) is 0 Å². The highest BCUT2D eigenvalue weighted by molar-refractivity contribution is 7.14. The number of aromatic nitrogens is 3. The highest BCUT2D eigenvalue weighted by atomic mass is 32.1. The number of benzene rings is 1. The van der Waals surface area contributed by atoms with Gasteiger partial charge in [0.15, 0.2) is 5.13 Å². The van der Waals surface area contributed by atoms with Crippen LogP contribution in [0.15, 0.2) is 48.1 Å². The van der Waals surface area contributed by atoms with Crippen molar-refractivity contribution in [1.29, 1.82) is 0 Å². The minimum atomic E-state index is -0.00725. The topological polar surface area (TPSA) is 63.1 Å². The summed E-state index contributed by atoms with van der Waals surface area (Å²) in [6.45, 7) is 4.24. The fraction of sp³-hybridized carbons (Fsp3) is 0.350. The van der Waals surface area contributed by atoms with Gasteiger partial charge in [0.05, 0.1) is 18.8 Å². The zero-order valence-electron chi connectivity index (χ0n) is 15.3. The SMILES string of the molecule is Cc1ccc(-c2csc(NC(=O)CN3CCC[C@@H]3Cn3cccn3)n2)cc1. The summed E-state index contributed by atoms with van der Waals surface area (Å²) >= 11 is 1.46. The number of likely N-dealkylation sites (tertiary alicyclic amines) is 1. The van der Waals surface area contributed by atoms with E-state index in [1.807, 2.05) is 22.3 Å². The summed E-state index contributed by atoms with van der Waals surface area (Å²) in [5.41, 5.74) is 3.18. The van der Waals surface area contributed by atoms with E-state index >= 15 is 0 Å². The Morgan fingerprint density at radius 3 is 2.96 bits per heavy atom. The highest BCUT2D eigenvalue weighted by Crippen LogP contribution is 2.25. The molecule has 1 aliphatic rings. The van der Waals surface area contributed by atoms with E-state index in [1.54, 1.807) is 6.20 Å². The second kappa shape index (κ2) is 8.02. The van der Waals surface area contributed by atoms with Crippen molar-refractivity contribution in [1.82, 2.24) is 19.7 Å². The molecule has 1 N–H and O–H groups in total. The van der Waals surface area contributed by atoms with Crippen LogP contribution in [0.25, 0.3) is 11.3 Å². The van der Waals surface area contributed by atoms with Crippen molar-refractivity contribution in [2.45, 2.75) is 32.4 Å². The number of hydrogen-bond donors (Lipinski definition) is 1. The average Bonchev–Trinajstić information content (AvgIpc) is 3.40. The van der Waals surface area contributed by atoms with Gasteiger partial charge in [-0.2, -0.15) is 5.10 Å². The van der Waals surface area contributed by atoms with Crippen LogP contribution in [0.3, 0.4) is 0 Å². The predicted molar refractivity (Wildman–Crippen MR) is 108 cm³/mol. The molecule has 1 fully saturated rings. The first-order valence-corrected chi connectivity index (χ1v) is 10.1. The van der Waals surface area contributed by atoms with Crippen LogP contribution in [-0.4, -0.2) is 44.7 Å². The number of rotatable bonds is 6. The van der Waals surface area contributed by atoms with E-state index < -0.39 is 0 Å². The van der Waals surface area contributed by atoms with Gasteiger partial charge in [0.25, 0.3) is 0 Å². The van der Waals surface area contributed by atoms with Gasteiger partial charge in [-0.05, 0) is 32.4 Å². The van der Waals surface area contributed by atoms with Crippen LogP contribution in [0.5, 0.6) is 0 Å². The minimum Gasteiger partial charge on any atom is -0.301 e. The van der Waals surface area contributed by atoms with Crippen molar-refractivity contribution in [2.24, 2.45) is 0 Å². The molecule has 1 aromatic carbocycles. The Morgan fingerprint density at radius 1 is 1.33 bits per heavy atom. The Hall–Kier alpha value is -2.51.